The zero-order chi connectivity index (χ0) is 40.3. The number of ether oxygens (including phenoxy) is 1. The number of carboxylic acid groups (broad SMARTS) is 1. The zero-order valence-corrected chi connectivity index (χ0v) is 36.1. The number of esters is 2. The fraction of sp³-hybridized carbons (Fsp3) is 0.851. The SMILES string of the molecule is CC(C)=CCC[C@@H](C)[C@H]1CC[C@@]2(C)C3=C(CC[C@]12C)[C@@]1(C)CC[C@H](O)C(C)(C)[C@@H]1CC3.CCCCCCCCCCCC(=O)OC(=O)C(N)CCC(=O)O. The molecule has 2 fully saturated rings. The third kappa shape index (κ3) is 11.1. The number of hydrogen-bond donors (Lipinski definition) is 3. The molecule has 2 saturated carbocycles. The van der Waals surface area contributed by atoms with Gasteiger partial charge < -0.3 is 20.7 Å². The minimum absolute atomic E-state index is 0.0283. The number of carboxylic acids is 1. The Kier molecular flexibility index (Phi) is 17.6. The Morgan fingerprint density at radius 2 is 1.46 bits per heavy atom. The molecular weight excluding hydrogens is 675 g/mol. The second-order valence-corrected chi connectivity index (χ2v) is 19.5. The van der Waals surface area contributed by atoms with Crippen molar-refractivity contribution in [3.8, 4) is 0 Å². The molecule has 0 heterocycles. The summed E-state index contributed by atoms with van der Waals surface area (Å²) in [6.07, 6.45) is 25.4. The molecular formula is C47H81NO6. The number of hydrogen-bond acceptors (Lipinski definition) is 6. The van der Waals surface area contributed by atoms with Gasteiger partial charge in [0.2, 0.25) is 0 Å². The van der Waals surface area contributed by atoms with Crippen LogP contribution in [0.15, 0.2) is 22.8 Å². The van der Waals surface area contributed by atoms with Crippen LogP contribution in [0.2, 0.25) is 0 Å². The lowest BCUT2D eigenvalue weighted by molar-refractivity contribution is -0.160. The van der Waals surface area contributed by atoms with Crippen LogP contribution in [-0.2, 0) is 19.1 Å². The average molecular weight is 756 g/mol. The Bertz CT molecular complexity index is 1310. The lowest BCUT2D eigenvalue weighted by Gasteiger charge is -2.62. The van der Waals surface area contributed by atoms with Gasteiger partial charge in [0.15, 0.2) is 0 Å². The molecule has 54 heavy (non-hydrogen) atoms. The molecule has 4 rings (SSSR count). The molecule has 310 valence electrons. The predicted molar refractivity (Wildman–Crippen MR) is 221 cm³/mol. The summed E-state index contributed by atoms with van der Waals surface area (Å²) >= 11 is 0. The van der Waals surface area contributed by atoms with E-state index in [1.807, 2.05) is 11.1 Å². The topological polar surface area (TPSA) is 127 Å². The summed E-state index contributed by atoms with van der Waals surface area (Å²) in [6, 6.07) is -1.06. The average Bonchev–Trinajstić information content (AvgIpc) is 3.39. The summed E-state index contributed by atoms with van der Waals surface area (Å²) < 4.78 is 4.62. The van der Waals surface area contributed by atoms with Crippen molar-refractivity contribution < 1.29 is 29.3 Å². The molecule has 0 spiro atoms. The van der Waals surface area contributed by atoms with Gasteiger partial charge in [0, 0.05) is 12.8 Å². The van der Waals surface area contributed by atoms with E-state index in [2.05, 4.69) is 73.1 Å². The Hall–Kier alpha value is -1.99. The number of carbonyl (C=O) groups excluding carboxylic acids is 2. The highest BCUT2D eigenvalue weighted by atomic mass is 16.6. The molecule has 0 radical (unpaired) electrons. The quantitative estimate of drug-likeness (QED) is 0.0550. The molecule has 0 bridgehead atoms. The molecule has 4 aliphatic carbocycles. The van der Waals surface area contributed by atoms with Crippen LogP contribution in [0, 0.1) is 39.4 Å². The monoisotopic (exact) mass is 756 g/mol. The molecule has 0 aromatic rings. The number of aliphatic hydroxyl groups is 1. The minimum atomic E-state index is -1.06. The first-order valence-electron chi connectivity index (χ1n) is 22.1. The molecule has 0 aliphatic heterocycles. The molecule has 0 saturated heterocycles. The van der Waals surface area contributed by atoms with Crippen molar-refractivity contribution in [2.75, 3.05) is 0 Å². The van der Waals surface area contributed by atoms with Gasteiger partial charge >= 0.3 is 17.9 Å². The molecule has 0 aromatic carbocycles. The lowest BCUT2D eigenvalue weighted by atomic mass is 9.43. The molecule has 8 atom stereocenters. The molecule has 7 heteroatoms. The number of allylic oxidation sites excluding steroid dienone is 4. The van der Waals surface area contributed by atoms with Gasteiger partial charge in [-0.3, -0.25) is 9.59 Å². The highest BCUT2D eigenvalue weighted by Crippen LogP contribution is 2.72. The van der Waals surface area contributed by atoms with Gasteiger partial charge in [-0.05, 0) is 130 Å². The zero-order valence-electron chi connectivity index (χ0n) is 36.1. The fourth-order valence-electron chi connectivity index (χ4n) is 11.7. The number of nitrogens with two attached hydrogens (primary N) is 1. The third-order valence-electron chi connectivity index (χ3n) is 15.3. The van der Waals surface area contributed by atoms with Gasteiger partial charge in [0.25, 0.3) is 0 Å². The van der Waals surface area contributed by atoms with Crippen LogP contribution in [0.1, 0.15) is 204 Å². The normalized spacial score (nSPS) is 30.8. The maximum Gasteiger partial charge on any atom is 0.330 e. The van der Waals surface area contributed by atoms with E-state index < -0.39 is 23.9 Å². The summed E-state index contributed by atoms with van der Waals surface area (Å²) in [5, 5.41) is 19.3. The van der Waals surface area contributed by atoms with E-state index >= 15 is 0 Å². The van der Waals surface area contributed by atoms with Crippen LogP contribution in [0.25, 0.3) is 0 Å². The van der Waals surface area contributed by atoms with Crippen LogP contribution < -0.4 is 5.73 Å². The van der Waals surface area contributed by atoms with E-state index in [1.54, 1.807) is 0 Å². The van der Waals surface area contributed by atoms with Crippen molar-refractivity contribution >= 4 is 17.9 Å². The van der Waals surface area contributed by atoms with Crippen LogP contribution in [0.4, 0.5) is 0 Å². The number of aliphatic hydroxyl groups excluding tert-OH is 1. The van der Waals surface area contributed by atoms with Crippen molar-refractivity contribution in [1.29, 1.82) is 0 Å². The molecule has 0 amide bonds. The minimum Gasteiger partial charge on any atom is -0.481 e. The smallest absolute Gasteiger partial charge is 0.330 e. The number of carbonyl (C=O) groups is 3. The Labute approximate surface area is 330 Å². The number of fused-ring (bicyclic) bond motifs is 4. The lowest BCUT2D eigenvalue weighted by Crippen LogP contribution is -2.55. The Morgan fingerprint density at radius 3 is 2.07 bits per heavy atom. The van der Waals surface area contributed by atoms with Crippen molar-refractivity contribution in [3.05, 3.63) is 22.8 Å². The van der Waals surface area contributed by atoms with Gasteiger partial charge in [-0.15, -0.1) is 0 Å². The first-order valence-corrected chi connectivity index (χ1v) is 22.1. The van der Waals surface area contributed by atoms with Gasteiger partial charge in [-0.1, -0.05) is 123 Å². The maximum atomic E-state index is 11.5. The second kappa shape index (κ2) is 20.4. The van der Waals surface area contributed by atoms with Crippen LogP contribution in [0.3, 0.4) is 0 Å². The van der Waals surface area contributed by atoms with Gasteiger partial charge in [-0.25, -0.2) is 4.79 Å². The summed E-state index contributed by atoms with van der Waals surface area (Å²) in [5.74, 6) is -0.131. The number of unbranched alkanes of at least 4 members (excludes halogenated alkanes) is 8. The van der Waals surface area contributed by atoms with Gasteiger partial charge in [0.1, 0.15) is 6.04 Å². The van der Waals surface area contributed by atoms with Crippen LogP contribution >= 0.6 is 0 Å². The molecule has 7 nitrogen and oxygen atoms in total. The van der Waals surface area contributed by atoms with Crippen molar-refractivity contribution in [2.45, 2.75) is 216 Å². The Balaban J connectivity index is 0.000000306. The van der Waals surface area contributed by atoms with Crippen molar-refractivity contribution in [1.82, 2.24) is 0 Å². The Morgan fingerprint density at radius 1 is 0.833 bits per heavy atom. The first-order chi connectivity index (χ1) is 25.3. The van der Waals surface area contributed by atoms with Crippen LogP contribution in [-0.4, -0.2) is 40.3 Å². The van der Waals surface area contributed by atoms with E-state index in [9.17, 15) is 19.5 Å². The maximum absolute atomic E-state index is 11.5. The van der Waals surface area contributed by atoms with E-state index in [4.69, 9.17) is 10.8 Å². The van der Waals surface area contributed by atoms with Crippen molar-refractivity contribution in [3.63, 3.8) is 0 Å². The molecule has 4 aliphatic rings. The third-order valence-corrected chi connectivity index (χ3v) is 15.3. The summed E-state index contributed by atoms with van der Waals surface area (Å²) in [4.78, 5) is 33.3. The molecule has 1 unspecified atom stereocenters. The highest BCUT2D eigenvalue weighted by Gasteiger charge is 2.63. The first kappa shape index (κ1) is 46.4. The number of rotatable bonds is 18. The van der Waals surface area contributed by atoms with Gasteiger partial charge in [0.05, 0.1) is 6.10 Å². The van der Waals surface area contributed by atoms with Crippen molar-refractivity contribution in [2.24, 2.45) is 45.1 Å². The fourth-order valence-corrected chi connectivity index (χ4v) is 11.7. The molecule has 4 N–H and O–H groups in total. The predicted octanol–water partition coefficient (Wildman–Crippen LogP) is 11.6. The van der Waals surface area contributed by atoms with E-state index in [0.717, 1.165) is 31.1 Å². The number of aliphatic carboxylic acids is 1. The summed E-state index contributed by atoms with van der Waals surface area (Å²) in [6.45, 7) is 21.8. The van der Waals surface area contributed by atoms with Gasteiger partial charge in [-0.2, -0.15) is 0 Å². The van der Waals surface area contributed by atoms with E-state index in [-0.39, 0.29) is 30.8 Å². The summed E-state index contributed by atoms with van der Waals surface area (Å²) in [7, 11) is 0. The van der Waals surface area contributed by atoms with Crippen LogP contribution in [0.5, 0.6) is 0 Å². The second-order valence-electron chi connectivity index (χ2n) is 19.5. The standard InChI is InChI=1S/C30H50O.C17H31NO5/c1-20(2)10-9-11-21(3)22-14-18-30(8)24-12-13-25-27(4,5)26(31)16-17-28(25,6)23(24)15-19-29(22,30)7;1-2-3-4-5-6-7-8-9-10-11-16(21)23-17(22)14(18)12-13-15(19)20/h10,21-22,25-26,31H,9,11-19H2,1-8H3;14H,2-13,18H2,1H3,(H,19,20)/t21-,22-,25+,26+,28-,29-,30+;/m1./s1. The highest BCUT2D eigenvalue weighted by molar-refractivity contribution is 5.88. The summed E-state index contributed by atoms with van der Waals surface area (Å²) in [5.41, 5.74) is 11.9. The molecule has 0 aromatic heterocycles. The van der Waals surface area contributed by atoms with E-state index in [1.165, 1.54) is 102 Å². The van der Waals surface area contributed by atoms with E-state index in [0.29, 0.717) is 28.6 Å². The largest absolute Gasteiger partial charge is 0.481 e.